The van der Waals surface area contributed by atoms with Gasteiger partial charge in [-0.25, -0.2) is 0 Å². The molecular formula is C19H19BF2N2OS. The van der Waals surface area contributed by atoms with E-state index in [2.05, 4.69) is 0 Å². The van der Waals surface area contributed by atoms with E-state index in [-0.39, 0.29) is 18.1 Å². The smallest absolute Gasteiger partial charge is 0.394 e. The van der Waals surface area contributed by atoms with Gasteiger partial charge in [-0.1, -0.05) is 19.9 Å². The van der Waals surface area contributed by atoms with Gasteiger partial charge in [-0.3, -0.25) is 4.79 Å². The lowest BCUT2D eigenvalue weighted by molar-refractivity contribution is -0.360. The molecule has 2 aliphatic heterocycles. The van der Waals surface area contributed by atoms with Crippen molar-refractivity contribution in [1.29, 1.82) is 0 Å². The molecule has 0 aliphatic carbocycles. The molecule has 4 rings (SSSR count). The second kappa shape index (κ2) is 6.16. The van der Waals surface area contributed by atoms with E-state index in [9.17, 15) is 4.79 Å². The lowest BCUT2D eigenvalue weighted by Gasteiger charge is -2.30. The quantitative estimate of drug-likeness (QED) is 0.716. The third-order valence-electron chi connectivity index (χ3n) is 4.95. The highest BCUT2D eigenvalue weighted by atomic mass is 32.1. The van der Waals surface area contributed by atoms with Crippen LogP contribution in [0.25, 0.3) is 6.08 Å². The number of aryl methyl sites for hydroxylation is 1. The van der Waals surface area contributed by atoms with Crippen LogP contribution < -0.4 is 0 Å². The van der Waals surface area contributed by atoms with Crippen molar-refractivity contribution in [2.75, 3.05) is 0 Å². The van der Waals surface area contributed by atoms with E-state index in [1.54, 1.807) is 30.4 Å². The number of thiophene rings is 1. The topological polar surface area (TPSA) is 25.0 Å². The van der Waals surface area contributed by atoms with E-state index >= 15 is 8.63 Å². The Balaban J connectivity index is 1.76. The molecule has 0 unspecified atom stereocenters. The summed E-state index contributed by atoms with van der Waals surface area (Å²) in [5, 5.41) is 1.89. The van der Waals surface area contributed by atoms with E-state index in [1.807, 2.05) is 31.4 Å². The Labute approximate surface area is 155 Å². The van der Waals surface area contributed by atoms with Crippen LogP contribution in [0.3, 0.4) is 0 Å². The van der Waals surface area contributed by atoms with Gasteiger partial charge in [-0.15, -0.1) is 11.3 Å². The van der Waals surface area contributed by atoms with E-state index < -0.39 is 6.97 Å². The molecule has 7 heteroatoms. The molecule has 2 aliphatic rings. The van der Waals surface area contributed by atoms with Crippen molar-refractivity contribution < 1.29 is 17.9 Å². The Morgan fingerprint density at radius 1 is 1.27 bits per heavy atom. The molecule has 3 nitrogen and oxygen atoms in total. The third-order valence-corrected chi connectivity index (χ3v) is 5.84. The Morgan fingerprint density at radius 3 is 2.77 bits per heavy atom. The molecular weight excluding hydrogens is 353 g/mol. The molecule has 0 N–H and O–H groups in total. The largest absolute Gasteiger partial charge is 0.737 e. The molecule has 0 atom stereocenters. The van der Waals surface area contributed by atoms with Crippen molar-refractivity contribution in [3.63, 3.8) is 0 Å². The molecule has 4 heterocycles. The van der Waals surface area contributed by atoms with Crippen LogP contribution in [-0.4, -0.2) is 27.4 Å². The van der Waals surface area contributed by atoms with E-state index in [0.29, 0.717) is 29.2 Å². The number of aromatic nitrogens is 1. The highest BCUT2D eigenvalue weighted by Crippen LogP contribution is 2.34. The van der Waals surface area contributed by atoms with Crippen molar-refractivity contribution >= 4 is 35.9 Å². The fraction of sp³-hybridized carbons (Fsp3) is 0.263. The molecule has 0 fully saturated rings. The first-order valence-corrected chi connectivity index (χ1v) is 9.63. The summed E-state index contributed by atoms with van der Waals surface area (Å²) < 4.78 is 33.3. The summed E-state index contributed by atoms with van der Waals surface area (Å²) in [5.41, 5.74) is 2.03. The first kappa shape index (κ1) is 17.2. The van der Waals surface area contributed by atoms with Gasteiger partial charge >= 0.3 is 6.97 Å². The van der Waals surface area contributed by atoms with Crippen LogP contribution in [0.4, 0.5) is 8.63 Å². The summed E-state index contributed by atoms with van der Waals surface area (Å²) in [6.07, 6.45) is 5.88. The summed E-state index contributed by atoms with van der Waals surface area (Å²) in [5.74, 6) is 0.0157. The van der Waals surface area contributed by atoms with Crippen LogP contribution in [0, 0.1) is 5.92 Å². The normalized spacial score (nSPS) is 17.5. The van der Waals surface area contributed by atoms with Gasteiger partial charge in [0.1, 0.15) is 5.78 Å². The van der Waals surface area contributed by atoms with E-state index in [1.165, 1.54) is 11.3 Å². The Morgan fingerprint density at radius 2 is 2.08 bits per heavy atom. The lowest BCUT2D eigenvalue weighted by Crippen LogP contribution is -2.50. The minimum atomic E-state index is -4.01. The number of hydrogen-bond acceptors (Lipinski definition) is 2. The highest BCUT2D eigenvalue weighted by molar-refractivity contribution is 7.12. The van der Waals surface area contributed by atoms with Gasteiger partial charge in [0.15, 0.2) is 11.4 Å². The fourth-order valence-corrected chi connectivity index (χ4v) is 4.32. The maximum absolute atomic E-state index is 15.5. The standard InChI is InChI=1S/C19H19BF2N2OS/c1-13(2)18(25)10-8-14-5-6-15-12-16-7-9-17(19-4-3-11-26-19)24(16)20(21,22)23(14)15/h3-7,9,11-13H,8,10H2,1-2H3. The third kappa shape index (κ3) is 2.62. The zero-order chi connectivity index (χ0) is 18.5. The Bertz CT molecular complexity index is 968. The molecule has 26 heavy (non-hydrogen) atoms. The van der Waals surface area contributed by atoms with Crippen molar-refractivity contribution in [2.45, 2.75) is 26.7 Å². The van der Waals surface area contributed by atoms with Crippen LogP contribution in [0.15, 0.2) is 47.5 Å². The minimum Gasteiger partial charge on any atom is -0.394 e. The molecule has 0 amide bonds. The average molecular weight is 372 g/mol. The van der Waals surface area contributed by atoms with Gasteiger partial charge in [0.25, 0.3) is 0 Å². The van der Waals surface area contributed by atoms with Gasteiger partial charge in [-0.05, 0) is 35.7 Å². The Hall–Kier alpha value is -2.28. The summed E-state index contributed by atoms with van der Waals surface area (Å²) in [4.78, 5) is 12.7. The monoisotopic (exact) mass is 372 g/mol. The van der Waals surface area contributed by atoms with E-state index in [0.717, 1.165) is 13.8 Å². The summed E-state index contributed by atoms with van der Waals surface area (Å²) in [7, 11) is 0. The molecule has 134 valence electrons. The van der Waals surface area contributed by atoms with Gasteiger partial charge in [0, 0.05) is 36.3 Å². The van der Waals surface area contributed by atoms with Crippen LogP contribution in [-0.2, 0) is 11.2 Å². The lowest BCUT2D eigenvalue weighted by atomic mass is 9.90. The number of halogens is 2. The van der Waals surface area contributed by atoms with Crippen LogP contribution in [0.5, 0.6) is 0 Å². The fourth-order valence-electron chi connectivity index (χ4n) is 3.57. The zero-order valence-corrected chi connectivity index (χ0v) is 15.5. The number of hydrogen-bond donors (Lipinski definition) is 0. The van der Waals surface area contributed by atoms with Crippen molar-refractivity contribution in [3.8, 4) is 0 Å². The molecule has 0 spiro atoms. The number of carbonyl (C=O) groups is 1. The van der Waals surface area contributed by atoms with Crippen molar-refractivity contribution in [3.05, 3.63) is 63.8 Å². The zero-order valence-electron chi connectivity index (χ0n) is 14.7. The first-order chi connectivity index (χ1) is 12.4. The second-order valence-corrected chi connectivity index (χ2v) is 7.91. The minimum absolute atomic E-state index is 0.0788. The molecule has 0 radical (unpaired) electrons. The predicted octanol–water partition coefficient (Wildman–Crippen LogP) is 4.36. The number of rotatable bonds is 5. The maximum Gasteiger partial charge on any atom is 0.737 e. The number of fused-ring (bicyclic) bond motifs is 2. The first-order valence-electron chi connectivity index (χ1n) is 8.75. The van der Waals surface area contributed by atoms with Gasteiger partial charge < -0.3 is 17.6 Å². The van der Waals surface area contributed by atoms with Gasteiger partial charge in [0.2, 0.25) is 0 Å². The SMILES string of the molecule is CC(C)C(=O)CCc1ccc2n1[B-](F)(F)[N+]1=C(c3cccs3)C=CC1=C2. The summed E-state index contributed by atoms with van der Waals surface area (Å²) >= 11 is 1.45. The van der Waals surface area contributed by atoms with E-state index in [4.69, 9.17) is 0 Å². The molecule has 2 aromatic rings. The van der Waals surface area contributed by atoms with Crippen molar-refractivity contribution in [2.24, 2.45) is 5.92 Å². The number of allylic oxidation sites excluding steroid dienone is 2. The number of Topliss-reactive ketones (excluding diaryl/α,β-unsaturated/α-hetero) is 1. The van der Waals surface area contributed by atoms with Crippen LogP contribution in [0.2, 0.25) is 0 Å². The molecule has 0 bridgehead atoms. The molecule has 0 saturated carbocycles. The predicted molar refractivity (Wildman–Crippen MR) is 102 cm³/mol. The van der Waals surface area contributed by atoms with Crippen molar-refractivity contribution in [1.82, 2.24) is 4.48 Å². The summed E-state index contributed by atoms with van der Waals surface area (Å²) in [6.45, 7) is -0.340. The summed E-state index contributed by atoms with van der Waals surface area (Å²) in [6, 6.07) is 7.15. The highest BCUT2D eigenvalue weighted by Gasteiger charge is 2.52. The Kier molecular flexibility index (Phi) is 4.06. The van der Waals surface area contributed by atoms with Gasteiger partial charge in [-0.2, -0.15) is 0 Å². The number of carbonyl (C=O) groups excluding carboxylic acids is 1. The van der Waals surface area contributed by atoms with Gasteiger partial charge in [0.05, 0.1) is 4.88 Å². The molecule has 2 aromatic heterocycles. The molecule has 0 aromatic carbocycles. The van der Waals surface area contributed by atoms with Crippen LogP contribution in [0.1, 0.15) is 36.5 Å². The average Bonchev–Trinajstić information content (AvgIpc) is 3.31. The maximum atomic E-state index is 15.5. The molecule has 0 saturated heterocycles. The van der Waals surface area contributed by atoms with Crippen LogP contribution >= 0.6 is 11.3 Å². The second-order valence-electron chi connectivity index (χ2n) is 6.96. The number of nitrogens with zero attached hydrogens (tertiary/aromatic N) is 2. The number of ketones is 1.